The lowest BCUT2D eigenvalue weighted by Gasteiger charge is -2.11. The highest BCUT2D eigenvalue weighted by atomic mass is 16.3. The number of rotatable bonds is 6. The van der Waals surface area contributed by atoms with Crippen LogP contribution in [0.25, 0.3) is 112 Å². The second-order valence-corrected chi connectivity index (χ2v) is 14.6. The number of fused-ring (bicyclic) bond motifs is 7. The Labute approximate surface area is 338 Å². The molecule has 0 aliphatic heterocycles. The van der Waals surface area contributed by atoms with Gasteiger partial charge in [0.25, 0.3) is 0 Å². The number of aromatic nitrogens is 6. The molecule has 0 unspecified atom stereocenters. The van der Waals surface area contributed by atoms with Crippen LogP contribution in [-0.4, -0.2) is 29.1 Å². The van der Waals surface area contributed by atoms with Crippen LogP contribution in [0.1, 0.15) is 0 Å². The fourth-order valence-corrected chi connectivity index (χ4v) is 8.60. The van der Waals surface area contributed by atoms with Gasteiger partial charge in [-0.1, -0.05) is 127 Å². The molecule has 12 aromatic rings. The number of furan rings is 1. The number of para-hydroxylation sites is 5. The smallest absolute Gasteiger partial charge is 0.164 e. The normalized spacial score (nSPS) is 11.7. The van der Waals surface area contributed by atoms with Gasteiger partial charge in [0.15, 0.2) is 17.5 Å². The minimum Gasteiger partial charge on any atom is -0.456 e. The highest BCUT2D eigenvalue weighted by Gasteiger charge is 2.22. The van der Waals surface area contributed by atoms with Crippen LogP contribution in [0.5, 0.6) is 0 Å². The van der Waals surface area contributed by atoms with Crippen molar-refractivity contribution >= 4 is 54.8 Å². The Morgan fingerprint density at radius 3 is 1.71 bits per heavy atom. The summed E-state index contributed by atoms with van der Waals surface area (Å²) >= 11 is 0. The molecule has 59 heavy (non-hydrogen) atoms. The molecule has 0 aliphatic carbocycles. The Bertz CT molecular complexity index is 3550. The molecule has 4 aromatic heterocycles. The van der Waals surface area contributed by atoms with Gasteiger partial charge in [0.1, 0.15) is 17.0 Å². The third kappa shape index (κ3) is 5.29. The fraction of sp³-hybridized carbons (Fsp3) is 0. The van der Waals surface area contributed by atoms with Crippen molar-refractivity contribution in [3.8, 4) is 56.9 Å². The molecule has 0 bridgehead atoms. The summed E-state index contributed by atoms with van der Waals surface area (Å²) in [5.74, 6) is 2.61. The van der Waals surface area contributed by atoms with Gasteiger partial charge in [-0.25, -0.2) is 19.9 Å². The van der Waals surface area contributed by atoms with E-state index in [1.807, 2.05) is 60.7 Å². The van der Waals surface area contributed by atoms with E-state index in [0.717, 1.165) is 94.2 Å². The van der Waals surface area contributed by atoms with Gasteiger partial charge in [0, 0.05) is 55.2 Å². The maximum absolute atomic E-state index is 6.67. The number of nitrogens with zero attached hydrogens (tertiary/aromatic N) is 6. The predicted octanol–water partition coefficient (Wildman–Crippen LogP) is 12.9. The van der Waals surface area contributed by atoms with Crippen LogP contribution in [0.4, 0.5) is 0 Å². The fourth-order valence-electron chi connectivity index (χ4n) is 8.60. The zero-order valence-corrected chi connectivity index (χ0v) is 31.6. The van der Waals surface area contributed by atoms with Crippen LogP contribution in [-0.2, 0) is 0 Å². The zero-order valence-electron chi connectivity index (χ0n) is 31.6. The summed E-state index contributed by atoms with van der Waals surface area (Å²) in [6.07, 6.45) is 0. The second-order valence-electron chi connectivity index (χ2n) is 14.6. The van der Waals surface area contributed by atoms with Crippen molar-refractivity contribution < 1.29 is 4.42 Å². The van der Waals surface area contributed by atoms with E-state index in [9.17, 15) is 0 Å². The van der Waals surface area contributed by atoms with Crippen LogP contribution in [0.2, 0.25) is 0 Å². The molecule has 0 amide bonds. The van der Waals surface area contributed by atoms with Crippen molar-refractivity contribution in [2.75, 3.05) is 0 Å². The molecule has 0 saturated heterocycles. The monoisotopic (exact) mass is 756 g/mol. The van der Waals surface area contributed by atoms with Gasteiger partial charge in [-0.3, -0.25) is 4.57 Å². The number of benzene rings is 8. The lowest BCUT2D eigenvalue weighted by atomic mass is 10.0. The third-order valence-corrected chi connectivity index (χ3v) is 11.2. The van der Waals surface area contributed by atoms with Gasteiger partial charge in [-0.15, -0.1) is 0 Å². The molecule has 0 radical (unpaired) electrons. The van der Waals surface area contributed by atoms with E-state index in [2.05, 4.69) is 143 Å². The van der Waals surface area contributed by atoms with E-state index in [0.29, 0.717) is 17.5 Å². The molecule has 0 N–H and O–H groups in total. The van der Waals surface area contributed by atoms with Gasteiger partial charge in [-0.05, 0) is 66.7 Å². The first kappa shape index (κ1) is 33.0. The van der Waals surface area contributed by atoms with Crippen molar-refractivity contribution in [3.05, 3.63) is 194 Å². The van der Waals surface area contributed by atoms with E-state index < -0.39 is 0 Å². The van der Waals surface area contributed by atoms with Crippen LogP contribution >= 0.6 is 0 Å². The van der Waals surface area contributed by atoms with Crippen LogP contribution < -0.4 is 0 Å². The van der Waals surface area contributed by atoms with E-state index in [1.54, 1.807) is 0 Å². The lowest BCUT2D eigenvalue weighted by Crippen LogP contribution is -2.01. The summed E-state index contributed by atoms with van der Waals surface area (Å²) < 4.78 is 11.2. The average molecular weight is 757 g/mol. The molecule has 0 saturated carbocycles. The molecular formula is C52H32N6O. The largest absolute Gasteiger partial charge is 0.456 e. The Balaban J connectivity index is 1.07. The van der Waals surface area contributed by atoms with Gasteiger partial charge < -0.3 is 8.98 Å². The first-order valence-electron chi connectivity index (χ1n) is 19.7. The number of hydrogen-bond acceptors (Lipinski definition) is 5. The lowest BCUT2D eigenvalue weighted by molar-refractivity contribution is 0.669. The first-order valence-corrected chi connectivity index (χ1v) is 19.7. The van der Waals surface area contributed by atoms with Gasteiger partial charge in [0.05, 0.1) is 22.1 Å². The molecule has 0 fully saturated rings. The molecule has 12 rings (SSSR count). The van der Waals surface area contributed by atoms with Gasteiger partial charge in [-0.2, -0.15) is 0 Å². The van der Waals surface area contributed by atoms with Crippen molar-refractivity contribution in [3.63, 3.8) is 0 Å². The quantitative estimate of drug-likeness (QED) is 0.169. The van der Waals surface area contributed by atoms with Crippen molar-refractivity contribution in [1.29, 1.82) is 0 Å². The van der Waals surface area contributed by atoms with Crippen LogP contribution in [0, 0.1) is 0 Å². The SMILES string of the molecule is c1ccc(-c2nc(-c3cccc4oc5cc(-c6nc7ccccc7n6-c6ccccc6)ccc5c34)nc(-c3cccc4c3c3ccccc3n4-c3ccccc3)n2)cc1. The molecule has 7 nitrogen and oxygen atoms in total. The molecule has 0 spiro atoms. The summed E-state index contributed by atoms with van der Waals surface area (Å²) in [5, 5.41) is 4.13. The van der Waals surface area contributed by atoms with Crippen LogP contribution in [0.15, 0.2) is 199 Å². The summed E-state index contributed by atoms with van der Waals surface area (Å²) in [5.41, 5.74) is 11.5. The summed E-state index contributed by atoms with van der Waals surface area (Å²) in [6, 6.07) is 66.6. The Hall–Kier alpha value is -8.16. The molecule has 0 aliphatic rings. The van der Waals surface area contributed by atoms with Gasteiger partial charge in [0.2, 0.25) is 0 Å². The van der Waals surface area contributed by atoms with Gasteiger partial charge >= 0.3 is 0 Å². The topological polar surface area (TPSA) is 74.6 Å². The molecule has 0 atom stereocenters. The van der Waals surface area contributed by atoms with E-state index in [1.165, 1.54) is 0 Å². The maximum atomic E-state index is 6.67. The van der Waals surface area contributed by atoms with Crippen molar-refractivity contribution in [2.45, 2.75) is 0 Å². The third-order valence-electron chi connectivity index (χ3n) is 11.2. The molecule has 4 heterocycles. The van der Waals surface area contributed by atoms with E-state index in [-0.39, 0.29) is 0 Å². The van der Waals surface area contributed by atoms with Crippen molar-refractivity contribution in [2.24, 2.45) is 0 Å². The number of imidazole rings is 1. The second kappa shape index (κ2) is 13.2. The molecule has 8 aromatic carbocycles. The highest BCUT2D eigenvalue weighted by Crippen LogP contribution is 2.41. The summed E-state index contributed by atoms with van der Waals surface area (Å²) in [7, 11) is 0. The molecule has 276 valence electrons. The molecular weight excluding hydrogens is 725 g/mol. The number of hydrogen-bond donors (Lipinski definition) is 0. The minimum atomic E-state index is 0.570. The highest BCUT2D eigenvalue weighted by molar-refractivity contribution is 6.16. The zero-order chi connectivity index (χ0) is 38.9. The summed E-state index contributed by atoms with van der Waals surface area (Å²) in [4.78, 5) is 20.8. The van der Waals surface area contributed by atoms with Crippen molar-refractivity contribution in [1.82, 2.24) is 29.1 Å². The Morgan fingerprint density at radius 1 is 0.356 bits per heavy atom. The Kier molecular flexibility index (Phi) is 7.40. The minimum absolute atomic E-state index is 0.570. The van der Waals surface area contributed by atoms with E-state index >= 15 is 0 Å². The predicted molar refractivity (Wildman–Crippen MR) is 238 cm³/mol. The van der Waals surface area contributed by atoms with Crippen LogP contribution in [0.3, 0.4) is 0 Å². The van der Waals surface area contributed by atoms with E-state index in [4.69, 9.17) is 24.4 Å². The standard InChI is InChI=1S/C52H32N6O/c1-4-16-33(17-5-1)49-54-50(39-23-14-28-44-47(39)37-22-10-12-26-42(37)57(44)35-18-6-2-7-19-35)56-51(55-49)40-24-15-29-45-48(40)38-31-30-34(32-46(38)59-45)52-53-41-25-11-13-27-43(41)58(52)36-20-8-3-9-21-36/h1-32H. The molecule has 7 heteroatoms. The first-order chi connectivity index (χ1) is 29.3. The summed E-state index contributed by atoms with van der Waals surface area (Å²) in [6.45, 7) is 0. The Morgan fingerprint density at radius 2 is 0.949 bits per heavy atom. The average Bonchev–Trinajstić information content (AvgIpc) is 3.99. The maximum Gasteiger partial charge on any atom is 0.164 e.